The molecular weight excluding hydrogens is 284 g/mol. The highest BCUT2D eigenvalue weighted by Crippen LogP contribution is 2.25. The van der Waals surface area contributed by atoms with Gasteiger partial charge in [-0.25, -0.2) is 4.98 Å². The lowest BCUT2D eigenvalue weighted by molar-refractivity contribution is 1.34. The normalized spacial score (nSPS) is 10.3. The fraction of sp³-hybridized carbons (Fsp3) is 0. The summed E-state index contributed by atoms with van der Waals surface area (Å²) in [5.74, 6) is 0.497. The molecule has 1 aromatic heterocycles. The summed E-state index contributed by atoms with van der Waals surface area (Å²) in [5.41, 5.74) is 8.40. The van der Waals surface area contributed by atoms with Gasteiger partial charge in [0.15, 0.2) is 0 Å². The largest absolute Gasteiger partial charge is 0.399 e. The second-order valence-corrected chi connectivity index (χ2v) is 5.02. The van der Waals surface area contributed by atoms with E-state index in [0.717, 1.165) is 16.6 Å². The molecule has 0 atom stereocenters. The first-order chi connectivity index (χ1) is 10.2. The average molecular weight is 295 g/mol. The lowest BCUT2D eigenvalue weighted by atomic mass is 10.1. The molecule has 0 fully saturated rings. The average Bonchev–Trinajstić information content (AvgIpc) is 2.47. The zero-order chi connectivity index (χ0) is 14.8. The van der Waals surface area contributed by atoms with Crippen LogP contribution in [0, 0.1) is 11.3 Å². The number of aromatic nitrogens is 1. The van der Waals surface area contributed by atoms with Crippen LogP contribution in [0.3, 0.4) is 0 Å². The van der Waals surface area contributed by atoms with Gasteiger partial charge in [-0.15, -0.1) is 0 Å². The second-order valence-electron chi connectivity index (χ2n) is 4.58. The maximum absolute atomic E-state index is 9.29. The minimum Gasteiger partial charge on any atom is -0.399 e. The number of rotatable bonds is 2. The first-order valence-corrected chi connectivity index (χ1v) is 6.66. The topological polar surface area (TPSA) is 74.7 Å². The summed E-state index contributed by atoms with van der Waals surface area (Å²) in [6, 6.07) is 16.6. The van der Waals surface area contributed by atoms with E-state index in [1.54, 1.807) is 30.3 Å². The van der Waals surface area contributed by atoms with Gasteiger partial charge >= 0.3 is 0 Å². The third-order valence-corrected chi connectivity index (χ3v) is 3.28. The molecule has 1 heterocycles. The number of hydrogen-bond acceptors (Lipinski definition) is 4. The molecule has 4 nitrogen and oxygen atoms in total. The van der Waals surface area contributed by atoms with Crippen LogP contribution < -0.4 is 11.1 Å². The molecule has 0 bridgehead atoms. The van der Waals surface area contributed by atoms with Crippen molar-refractivity contribution in [3.8, 4) is 6.07 Å². The quantitative estimate of drug-likeness (QED) is 0.698. The van der Waals surface area contributed by atoms with E-state index in [9.17, 15) is 5.26 Å². The van der Waals surface area contributed by atoms with Gasteiger partial charge in [-0.05, 0) is 42.5 Å². The molecule has 21 heavy (non-hydrogen) atoms. The molecule has 3 rings (SSSR count). The van der Waals surface area contributed by atoms with Crippen LogP contribution in [-0.2, 0) is 0 Å². The third kappa shape index (κ3) is 2.73. The maximum atomic E-state index is 9.29. The third-order valence-electron chi connectivity index (χ3n) is 3.05. The maximum Gasteiger partial charge on any atom is 0.149 e. The molecule has 0 aliphatic rings. The number of pyridine rings is 1. The van der Waals surface area contributed by atoms with Crippen LogP contribution in [0.1, 0.15) is 5.56 Å². The van der Waals surface area contributed by atoms with Crippen molar-refractivity contribution in [1.82, 2.24) is 4.98 Å². The van der Waals surface area contributed by atoms with Crippen molar-refractivity contribution >= 4 is 39.7 Å². The van der Waals surface area contributed by atoms with Crippen molar-refractivity contribution in [2.75, 3.05) is 11.1 Å². The molecule has 0 saturated carbocycles. The van der Waals surface area contributed by atoms with Crippen molar-refractivity contribution < 1.29 is 0 Å². The molecule has 0 aliphatic heterocycles. The first-order valence-electron chi connectivity index (χ1n) is 6.29. The first kappa shape index (κ1) is 13.2. The molecule has 102 valence electrons. The number of benzene rings is 2. The van der Waals surface area contributed by atoms with Crippen molar-refractivity contribution in [2.24, 2.45) is 0 Å². The van der Waals surface area contributed by atoms with E-state index in [0.29, 0.717) is 22.1 Å². The molecule has 0 spiro atoms. The Morgan fingerprint density at radius 1 is 1.14 bits per heavy atom. The lowest BCUT2D eigenvalue weighted by Crippen LogP contribution is -1.98. The van der Waals surface area contributed by atoms with Crippen LogP contribution in [-0.4, -0.2) is 4.98 Å². The standard InChI is InChI=1S/C16H11ClN4/c17-12-2-1-3-14(8-12)20-16-11(9-18)6-10-7-13(19)4-5-15(10)21-16/h1-8H,19H2,(H,20,21). The molecule has 0 aliphatic carbocycles. The van der Waals surface area contributed by atoms with Gasteiger partial charge in [0.25, 0.3) is 0 Å². The van der Waals surface area contributed by atoms with E-state index in [2.05, 4.69) is 16.4 Å². The monoisotopic (exact) mass is 294 g/mol. The second kappa shape index (κ2) is 5.31. The minimum absolute atomic E-state index is 0.452. The molecule has 5 heteroatoms. The molecule has 0 amide bonds. The Balaban J connectivity index is 2.09. The number of nitrogen functional groups attached to an aromatic ring is 1. The number of nitrogens with zero attached hydrogens (tertiary/aromatic N) is 2. The van der Waals surface area contributed by atoms with Gasteiger partial charge in [0.1, 0.15) is 11.9 Å². The summed E-state index contributed by atoms with van der Waals surface area (Å²) in [4.78, 5) is 4.48. The molecule has 3 aromatic rings. The predicted octanol–water partition coefficient (Wildman–Crippen LogP) is 4.09. The summed E-state index contributed by atoms with van der Waals surface area (Å²) < 4.78 is 0. The van der Waals surface area contributed by atoms with Crippen molar-refractivity contribution in [2.45, 2.75) is 0 Å². The highest BCUT2D eigenvalue weighted by atomic mass is 35.5. The Morgan fingerprint density at radius 3 is 2.76 bits per heavy atom. The summed E-state index contributed by atoms with van der Waals surface area (Å²) in [6.45, 7) is 0. The summed E-state index contributed by atoms with van der Waals surface area (Å²) in [7, 11) is 0. The van der Waals surface area contributed by atoms with Gasteiger partial charge < -0.3 is 11.1 Å². The minimum atomic E-state index is 0.452. The van der Waals surface area contributed by atoms with E-state index < -0.39 is 0 Å². The summed E-state index contributed by atoms with van der Waals surface area (Å²) in [5, 5.41) is 13.9. The van der Waals surface area contributed by atoms with Crippen molar-refractivity contribution in [3.63, 3.8) is 0 Å². The van der Waals surface area contributed by atoms with Crippen molar-refractivity contribution in [3.05, 3.63) is 59.1 Å². The molecule has 2 aromatic carbocycles. The van der Waals surface area contributed by atoms with E-state index >= 15 is 0 Å². The van der Waals surface area contributed by atoms with Crippen LogP contribution in [0.5, 0.6) is 0 Å². The van der Waals surface area contributed by atoms with Crippen molar-refractivity contribution in [1.29, 1.82) is 5.26 Å². The molecule has 0 radical (unpaired) electrons. The Morgan fingerprint density at radius 2 is 2.00 bits per heavy atom. The predicted molar refractivity (Wildman–Crippen MR) is 85.6 cm³/mol. The van der Waals surface area contributed by atoms with Gasteiger partial charge in [0.2, 0.25) is 0 Å². The fourth-order valence-electron chi connectivity index (χ4n) is 2.08. The van der Waals surface area contributed by atoms with Gasteiger partial charge in [0.05, 0.1) is 11.1 Å². The Kier molecular flexibility index (Phi) is 3.35. The lowest BCUT2D eigenvalue weighted by Gasteiger charge is -2.09. The molecule has 0 unspecified atom stereocenters. The van der Waals surface area contributed by atoms with Gasteiger partial charge in [-0.2, -0.15) is 5.26 Å². The highest BCUT2D eigenvalue weighted by molar-refractivity contribution is 6.30. The Hall–Kier alpha value is -2.77. The number of nitrogens with one attached hydrogen (secondary N) is 1. The van der Waals surface area contributed by atoms with Crippen LogP contribution in [0.25, 0.3) is 10.9 Å². The highest BCUT2D eigenvalue weighted by Gasteiger charge is 2.07. The number of fused-ring (bicyclic) bond motifs is 1. The zero-order valence-corrected chi connectivity index (χ0v) is 11.7. The number of halogens is 1. The molecular formula is C16H11ClN4. The van der Waals surface area contributed by atoms with Gasteiger partial charge in [-0.3, -0.25) is 0 Å². The number of anilines is 3. The summed E-state index contributed by atoms with van der Waals surface area (Å²) >= 11 is 5.96. The van der Waals surface area contributed by atoms with Crippen LogP contribution in [0.2, 0.25) is 5.02 Å². The van der Waals surface area contributed by atoms with Gasteiger partial charge in [-0.1, -0.05) is 17.7 Å². The SMILES string of the molecule is N#Cc1cc2cc(N)ccc2nc1Nc1cccc(Cl)c1. The van der Waals surface area contributed by atoms with E-state index in [4.69, 9.17) is 17.3 Å². The Labute approximate surface area is 126 Å². The van der Waals surface area contributed by atoms with E-state index in [-0.39, 0.29) is 0 Å². The van der Waals surface area contributed by atoms with E-state index in [1.807, 2.05) is 18.2 Å². The number of hydrogen-bond donors (Lipinski definition) is 2. The van der Waals surface area contributed by atoms with Gasteiger partial charge in [0, 0.05) is 21.8 Å². The molecule has 3 N–H and O–H groups in total. The smallest absolute Gasteiger partial charge is 0.149 e. The Bertz CT molecular complexity index is 868. The number of nitriles is 1. The zero-order valence-electron chi connectivity index (χ0n) is 11.0. The van der Waals surface area contributed by atoms with Crippen LogP contribution >= 0.6 is 11.6 Å². The molecule has 0 saturated heterocycles. The number of nitrogens with two attached hydrogens (primary N) is 1. The van der Waals surface area contributed by atoms with Crippen LogP contribution in [0.4, 0.5) is 17.2 Å². The fourth-order valence-corrected chi connectivity index (χ4v) is 2.27. The van der Waals surface area contributed by atoms with E-state index in [1.165, 1.54) is 0 Å². The summed E-state index contributed by atoms with van der Waals surface area (Å²) in [6.07, 6.45) is 0. The van der Waals surface area contributed by atoms with Crippen LogP contribution in [0.15, 0.2) is 48.5 Å².